The number of aliphatic hydroxyl groups is 1. The topological polar surface area (TPSA) is 96.4 Å². The van der Waals surface area contributed by atoms with Crippen molar-refractivity contribution in [3.63, 3.8) is 0 Å². The minimum Gasteiger partial charge on any atom is -0.394 e. The number of benzene rings is 1. The van der Waals surface area contributed by atoms with E-state index < -0.39 is 34.2 Å². The molecule has 0 aliphatic rings. The van der Waals surface area contributed by atoms with Crippen LogP contribution in [0.5, 0.6) is 0 Å². The van der Waals surface area contributed by atoms with Crippen molar-refractivity contribution in [2.45, 2.75) is 17.9 Å². The molecule has 2 aromatic rings. The first-order valence-electron chi connectivity index (χ1n) is 7.22. The van der Waals surface area contributed by atoms with Crippen LogP contribution < -0.4 is 5.32 Å². The predicted molar refractivity (Wildman–Crippen MR) is 85.7 cm³/mol. The van der Waals surface area contributed by atoms with Gasteiger partial charge in [0.2, 0.25) is 0 Å². The summed E-state index contributed by atoms with van der Waals surface area (Å²) >= 11 is 0. The number of aliphatic hydroxyl groups excluding tert-OH is 1. The van der Waals surface area contributed by atoms with Crippen molar-refractivity contribution in [3.8, 4) is 0 Å². The fourth-order valence-corrected chi connectivity index (χ4v) is 2.97. The summed E-state index contributed by atoms with van der Waals surface area (Å²) in [5, 5.41) is 12.0. The molecule has 0 bridgehead atoms. The number of nitrogens with zero attached hydrogens (tertiary/aromatic N) is 1. The highest BCUT2D eigenvalue weighted by Gasteiger charge is 2.17. The van der Waals surface area contributed by atoms with Crippen LogP contribution in [0.2, 0.25) is 0 Å². The number of hydrogen-bond acceptors (Lipinski definition) is 5. The third-order valence-electron chi connectivity index (χ3n) is 3.48. The Bertz CT molecular complexity index is 822. The molecule has 1 aromatic heterocycles. The molecule has 0 saturated heterocycles. The van der Waals surface area contributed by atoms with E-state index in [0.29, 0.717) is 5.56 Å². The second-order valence-corrected chi connectivity index (χ2v) is 7.35. The molecule has 0 saturated carbocycles. The van der Waals surface area contributed by atoms with E-state index in [2.05, 4.69) is 10.3 Å². The van der Waals surface area contributed by atoms with E-state index in [-0.39, 0.29) is 16.2 Å². The quantitative estimate of drug-likeness (QED) is 0.821. The molecule has 2 N–H and O–H groups in total. The maximum absolute atomic E-state index is 13.1. The number of sulfone groups is 1. The van der Waals surface area contributed by atoms with Crippen LogP contribution in [0.4, 0.5) is 4.39 Å². The monoisotopic (exact) mass is 352 g/mol. The fraction of sp³-hybridized carbons (Fsp3) is 0.250. The van der Waals surface area contributed by atoms with Crippen molar-refractivity contribution < 1.29 is 22.7 Å². The summed E-state index contributed by atoms with van der Waals surface area (Å²) in [4.78, 5) is 15.9. The first kappa shape index (κ1) is 18.0. The van der Waals surface area contributed by atoms with Gasteiger partial charge in [-0.2, -0.15) is 0 Å². The molecule has 6 nitrogen and oxygen atoms in total. The van der Waals surface area contributed by atoms with E-state index in [1.165, 1.54) is 30.5 Å². The van der Waals surface area contributed by atoms with Crippen molar-refractivity contribution in [3.05, 3.63) is 59.7 Å². The Balaban J connectivity index is 2.18. The summed E-state index contributed by atoms with van der Waals surface area (Å²) in [5.41, 5.74) is 0.559. The van der Waals surface area contributed by atoms with Crippen molar-refractivity contribution >= 4 is 15.7 Å². The lowest BCUT2D eigenvalue weighted by molar-refractivity contribution is 0.0915. The molecule has 0 spiro atoms. The van der Waals surface area contributed by atoms with Gasteiger partial charge in [-0.25, -0.2) is 12.8 Å². The maximum atomic E-state index is 13.1. The van der Waals surface area contributed by atoms with E-state index in [9.17, 15) is 22.7 Å². The van der Waals surface area contributed by atoms with E-state index >= 15 is 0 Å². The van der Waals surface area contributed by atoms with E-state index in [4.69, 9.17) is 0 Å². The number of amides is 1. The van der Waals surface area contributed by atoms with Crippen molar-refractivity contribution in [1.82, 2.24) is 10.3 Å². The average Bonchev–Trinajstić information content (AvgIpc) is 2.59. The van der Waals surface area contributed by atoms with Gasteiger partial charge in [-0.3, -0.25) is 9.78 Å². The highest BCUT2D eigenvalue weighted by molar-refractivity contribution is 7.91. The normalized spacial score (nSPS) is 12.6. The zero-order valence-electron chi connectivity index (χ0n) is 12.9. The molecule has 128 valence electrons. The van der Waals surface area contributed by atoms with E-state index in [1.807, 2.05) is 0 Å². The highest BCUT2D eigenvalue weighted by atomic mass is 32.2. The van der Waals surface area contributed by atoms with Gasteiger partial charge in [-0.15, -0.1) is 0 Å². The predicted octanol–water partition coefficient (Wildman–Crippen LogP) is 1.48. The van der Waals surface area contributed by atoms with Gasteiger partial charge in [0.15, 0.2) is 9.84 Å². The van der Waals surface area contributed by atoms with Gasteiger partial charge in [0.05, 0.1) is 35.1 Å². The van der Waals surface area contributed by atoms with Gasteiger partial charge in [0.1, 0.15) is 5.82 Å². The van der Waals surface area contributed by atoms with Gasteiger partial charge in [-0.05, 0) is 23.8 Å². The molecular weight excluding hydrogens is 335 g/mol. The van der Waals surface area contributed by atoms with Crippen LogP contribution >= 0.6 is 0 Å². The van der Waals surface area contributed by atoms with E-state index in [0.717, 1.165) is 12.3 Å². The Hall–Kier alpha value is -2.32. The Morgan fingerprint density at radius 1 is 1.29 bits per heavy atom. The average molecular weight is 352 g/mol. The van der Waals surface area contributed by atoms with Crippen LogP contribution in [0, 0.1) is 5.82 Å². The lowest BCUT2D eigenvalue weighted by Crippen LogP contribution is -2.31. The molecule has 0 aliphatic heterocycles. The summed E-state index contributed by atoms with van der Waals surface area (Å²) in [6.45, 7) is 1.15. The molecule has 2 rings (SSSR count). The lowest BCUT2D eigenvalue weighted by atomic mass is 10.1. The summed E-state index contributed by atoms with van der Waals surface area (Å²) < 4.78 is 36.7. The van der Waals surface area contributed by atoms with Gasteiger partial charge in [0.25, 0.3) is 5.91 Å². The minimum atomic E-state index is -3.32. The fourth-order valence-electron chi connectivity index (χ4n) is 2.09. The van der Waals surface area contributed by atoms with Gasteiger partial charge >= 0.3 is 0 Å². The van der Waals surface area contributed by atoms with Crippen LogP contribution in [0.25, 0.3) is 0 Å². The second kappa shape index (κ2) is 7.50. The van der Waals surface area contributed by atoms with E-state index in [1.54, 1.807) is 6.92 Å². The summed E-state index contributed by atoms with van der Waals surface area (Å²) in [6.07, 6.45) is 2.19. The molecule has 1 heterocycles. The largest absolute Gasteiger partial charge is 0.394 e. The summed E-state index contributed by atoms with van der Waals surface area (Å²) in [6, 6.07) is 6.17. The zero-order valence-corrected chi connectivity index (χ0v) is 13.8. The SMILES string of the molecule is CCS(=O)(=O)c1ccc([C@H](CO)NC(=O)c2cncc(F)c2)cc1. The molecule has 0 unspecified atom stereocenters. The Labute approximate surface area is 139 Å². The standard InChI is InChI=1S/C16H17FN2O4S/c1-2-24(22,23)14-5-3-11(4-6-14)15(10-20)19-16(21)12-7-13(17)9-18-8-12/h3-9,15,20H,2,10H2,1H3,(H,19,21)/t15-/m0/s1. The molecule has 24 heavy (non-hydrogen) atoms. The lowest BCUT2D eigenvalue weighted by Gasteiger charge is -2.17. The molecule has 0 fully saturated rings. The van der Waals surface area contributed by atoms with Gasteiger partial charge < -0.3 is 10.4 Å². The van der Waals surface area contributed by atoms with Crippen LogP contribution in [-0.2, 0) is 9.84 Å². The Morgan fingerprint density at radius 2 is 1.96 bits per heavy atom. The van der Waals surface area contributed by atoms with Crippen molar-refractivity contribution in [1.29, 1.82) is 0 Å². The maximum Gasteiger partial charge on any atom is 0.253 e. The number of rotatable bonds is 6. The number of carbonyl (C=O) groups excluding carboxylic acids is 1. The van der Waals surface area contributed by atoms with Crippen molar-refractivity contribution in [2.75, 3.05) is 12.4 Å². The number of halogens is 1. The smallest absolute Gasteiger partial charge is 0.253 e. The van der Waals surface area contributed by atoms with Crippen LogP contribution in [0.3, 0.4) is 0 Å². The first-order valence-corrected chi connectivity index (χ1v) is 8.87. The Kier molecular flexibility index (Phi) is 5.63. The minimum absolute atomic E-state index is 0.0148. The summed E-state index contributed by atoms with van der Waals surface area (Å²) in [7, 11) is -3.32. The van der Waals surface area contributed by atoms with Crippen molar-refractivity contribution in [2.24, 2.45) is 0 Å². The molecule has 0 aliphatic carbocycles. The zero-order chi connectivity index (χ0) is 17.7. The molecule has 8 heteroatoms. The highest BCUT2D eigenvalue weighted by Crippen LogP contribution is 2.18. The number of nitrogens with one attached hydrogen (secondary N) is 1. The van der Waals surface area contributed by atoms with Crippen LogP contribution in [0.15, 0.2) is 47.6 Å². The third kappa shape index (κ3) is 4.15. The van der Waals surface area contributed by atoms with Crippen LogP contribution in [-0.4, -0.2) is 36.8 Å². The number of carbonyl (C=O) groups is 1. The molecule has 1 amide bonds. The van der Waals surface area contributed by atoms with Gasteiger partial charge in [0, 0.05) is 6.20 Å². The summed E-state index contributed by atoms with van der Waals surface area (Å²) in [5.74, 6) is -1.25. The number of aromatic nitrogens is 1. The van der Waals surface area contributed by atoms with Crippen LogP contribution in [0.1, 0.15) is 28.9 Å². The third-order valence-corrected chi connectivity index (χ3v) is 5.23. The Morgan fingerprint density at radius 3 is 2.50 bits per heavy atom. The molecule has 1 atom stereocenters. The molecule has 0 radical (unpaired) electrons. The number of hydrogen-bond donors (Lipinski definition) is 2. The first-order chi connectivity index (χ1) is 11.4. The molecular formula is C16H17FN2O4S. The van der Waals surface area contributed by atoms with Gasteiger partial charge in [-0.1, -0.05) is 19.1 Å². The molecule has 1 aromatic carbocycles. The second-order valence-electron chi connectivity index (χ2n) is 5.07. The number of pyridine rings is 1.